The number of hydrogen-bond acceptors (Lipinski definition) is 2. The summed E-state index contributed by atoms with van der Waals surface area (Å²) >= 11 is 0. The number of likely N-dealkylation sites (N-methyl/N-ethyl adjacent to an activating group) is 1. The van der Waals surface area contributed by atoms with Crippen molar-refractivity contribution in [2.45, 2.75) is 13.8 Å². The standard InChI is InChI=1S/C7H16NOP/c1-6(2)7(9)4-8(3)5-10/h6H,4-5,10H2,1-3H3. The Kier molecular flexibility index (Phi) is 4.84. The highest BCUT2D eigenvalue weighted by Crippen LogP contribution is 1.97. The van der Waals surface area contributed by atoms with Crippen molar-refractivity contribution in [2.75, 3.05) is 19.9 Å². The molecule has 0 saturated carbocycles. The fraction of sp³-hybridized carbons (Fsp3) is 0.857. The molecule has 0 bridgehead atoms. The number of nitrogens with zero attached hydrogens (tertiary/aromatic N) is 1. The van der Waals surface area contributed by atoms with Crippen molar-refractivity contribution in [3.63, 3.8) is 0 Å². The molecule has 0 aromatic heterocycles. The highest BCUT2D eigenvalue weighted by atomic mass is 31.0. The number of Topliss-reactive ketones (excluding diaryl/α,β-unsaturated/α-hetero) is 1. The van der Waals surface area contributed by atoms with Gasteiger partial charge < -0.3 is 0 Å². The van der Waals surface area contributed by atoms with Crippen LogP contribution in [0.2, 0.25) is 0 Å². The Balaban J connectivity index is 3.57. The predicted molar refractivity (Wildman–Crippen MR) is 47.1 cm³/mol. The second kappa shape index (κ2) is 4.81. The molecule has 0 aromatic carbocycles. The lowest BCUT2D eigenvalue weighted by Gasteiger charge is -2.13. The van der Waals surface area contributed by atoms with E-state index in [2.05, 4.69) is 9.24 Å². The SMILES string of the molecule is CC(C)C(=O)CN(C)CP. The molecule has 0 aromatic rings. The van der Waals surface area contributed by atoms with Crippen molar-refractivity contribution in [3.8, 4) is 0 Å². The van der Waals surface area contributed by atoms with Crippen LogP contribution < -0.4 is 0 Å². The lowest BCUT2D eigenvalue weighted by atomic mass is 10.1. The topological polar surface area (TPSA) is 20.3 Å². The number of ketones is 1. The summed E-state index contributed by atoms with van der Waals surface area (Å²) in [5.41, 5.74) is 0. The van der Waals surface area contributed by atoms with E-state index in [1.165, 1.54) is 0 Å². The number of carbonyl (C=O) groups is 1. The van der Waals surface area contributed by atoms with E-state index in [1.54, 1.807) is 0 Å². The van der Waals surface area contributed by atoms with Gasteiger partial charge in [-0.3, -0.25) is 9.69 Å². The molecule has 10 heavy (non-hydrogen) atoms. The van der Waals surface area contributed by atoms with Gasteiger partial charge >= 0.3 is 0 Å². The largest absolute Gasteiger partial charge is 0.298 e. The third-order valence-corrected chi connectivity index (χ3v) is 2.00. The Morgan fingerprint density at radius 2 is 2.10 bits per heavy atom. The number of rotatable bonds is 4. The molecule has 0 saturated heterocycles. The first kappa shape index (κ1) is 10.1. The van der Waals surface area contributed by atoms with Crippen LogP contribution in [0.25, 0.3) is 0 Å². The fourth-order valence-electron chi connectivity index (χ4n) is 0.513. The predicted octanol–water partition coefficient (Wildman–Crippen LogP) is 0.976. The van der Waals surface area contributed by atoms with Gasteiger partial charge in [0.25, 0.3) is 0 Å². The molecule has 0 aliphatic carbocycles. The summed E-state index contributed by atoms with van der Waals surface area (Å²) in [5.74, 6) is 0.476. The molecule has 1 unspecified atom stereocenters. The minimum Gasteiger partial charge on any atom is -0.298 e. The van der Waals surface area contributed by atoms with E-state index in [9.17, 15) is 4.79 Å². The maximum absolute atomic E-state index is 11.1. The normalized spacial score (nSPS) is 11.0. The van der Waals surface area contributed by atoms with E-state index in [0.29, 0.717) is 12.3 Å². The van der Waals surface area contributed by atoms with E-state index in [0.717, 1.165) is 6.29 Å². The van der Waals surface area contributed by atoms with Crippen LogP contribution in [0.1, 0.15) is 13.8 Å². The summed E-state index contributed by atoms with van der Waals surface area (Å²) in [6.45, 7) is 4.43. The van der Waals surface area contributed by atoms with Gasteiger partial charge in [0, 0.05) is 12.2 Å². The third-order valence-electron chi connectivity index (χ3n) is 1.38. The molecule has 1 atom stereocenters. The second-order valence-electron chi connectivity index (χ2n) is 2.82. The molecule has 0 aliphatic heterocycles. The summed E-state index contributed by atoms with van der Waals surface area (Å²) in [7, 11) is 4.53. The van der Waals surface area contributed by atoms with Crippen LogP contribution in [-0.4, -0.2) is 30.6 Å². The first-order valence-corrected chi connectivity index (χ1v) is 4.31. The Morgan fingerprint density at radius 1 is 1.60 bits per heavy atom. The van der Waals surface area contributed by atoms with Crippen LogP contribution in [0.15, 0.2) is 0 Å². The molecule has 0 heterocycles. The van der Waals surface area contributed by atoms with Crippen molar-refractivity contribution in [1.29, 1.82) is 0 Å². The fourth-order valence-corrected chi connectivity index (χ4v) is 0.642. The van der Waals surface area contributed by atoms with Crippen LogP contribution in [0.5, 0.6) is 0 Å². The maximum Gasteiger partial charge on any atom is 0.149 e. The van der Waals surface area contributed by atoms with Gasteiger partial charge in [-0.25, -0.2) is 0 Å². The van der Waals surface area contributed by atoms with Gasteiger partial charge in [0.2, 0.25) is 0 Å². The van der Waals surface area contributed by atoms with Gasteiger partial charge in [-0.1, -0.05) is 13.8 Å². The van der Waals surface area contributed by atoms with Gasteiger partial charge in [0.15, 0.2) is 0 Å². The highest BCUT2D eigenvalue weighted by Gasteiger charge is 2.08. The monoisotopic (exact) mass is 161 g/mol. The zero-order valence-electron chi connectivity index (χ0n) is 6.92. The molecule has 0 amide bonds. The molecule has 0 rings (SSSR count). The molecule has 2 nitrogen and oxygen atoms in total. The van der Waals surface area contributed by atoms with Crippen LogP contribution in [0, 0.1) is 5.92 Å². The minimum atomic E-state index is 0.166. The van der Waals surface area contributed by atoms with Gasteiger partial charge in [-0.2, -0.15) is 0 Å². The van der Waals surface area contributed by atoms with E-state index in [-0.39, 0.29) is 5.92 Å². The summed E-state index contributed by atoms with van der Waals surface area (Å²) in [5, 5.41) is 0. The summed E-state index contributed by atoms with van der Waals surface area (Å²) in [6.07, 6.45) is 0.860. The third kappa shape index (κ3) is 3.97. The molecule has 0 fully saturated rings. The second-order valence-corrected chi connectivity index (χ2v) is 3.18. The molecule has 0 radical (unpaired) electrons. The lowest BCUT2D eigenvalue weighted by molar-refractivity contribution is -0.122. The van der Waals surface area contributed by atoms with Gasteiger partial charge in [-0.05, 0) is 7.05 Å². The first-order valence-electron chi connectivity index (χ1n) is 3.49. The Hall–Kier alpha value is 0.0600. The maximum atomic E-state index is 11.1. The Labute approximate surface area is 65.2 Å². The molecule has 0 spiro atoms. The van der Waals surface area contributed by atoms with E-state index in [4.69, 9.17) is 0 Å². The molecule has 60 valence electrons. The zero-order valence-corrected chi connectivity index (χ0v) is 8.08. The molecule has 3 heteroatoms. The summed E-state index contributed by atoms with van der Waals surface area (Å²) < 4.78 is 0. The van der Waals surface area contributed by atoms with Crippen LogP contribution >= 0.6 is 9.24 Å². The van der Waals surface area contributed by atoms with E-state index in [1.807, 2.05) is 25.8 Å². The van der Waals surface area contributed by atoms with Crippen molar-refractivity contribution >= 4 is 15.0 Å². The average Bonchev–Trinajstić information content (AvgIpc) is 1.87. The summed E-state index contributed by atoms with van der Waals surface area (Å²) in [6, 6.07) is 0. The zero-order chi connectivity index (χ0) is 8.15. The van der Waals surface area contributed by atoms with Gasteiger partial charge in [-0.15, -0.1) is 9.24 Å². The lowest BCUT2D eigenvalue weighted by Crippen LogP contribution is -2.27. The number of carbonyl (C=O) groups excluding carboxylic acids is 1. The molecular formula is C7H16NOP. The Bertz CT molecular complexity index is 114. The van der Waals surface area contributed by atoms with Gasteiger partial charge in [0.05, 0.1) is 6.54 Å². The minimum absolute atomic E-state index is 0.166. The molecule has 0 N–H and O–H groups in total. The smallest absolute Gasteiger partial charge is 0.149 e. The van der Waals surface area contributed by atoms with Crippen LogP contribution in [0.3, 0.4) is 0 Å². The Morgan fingerprint density at radius 3 is 2.40 bits per heavy atom. The molecular weight excluding hydrogens is 145 g/mol. The van der Waals surface area contributed by atoms with Gasteiger partial charge in [0.1, 0.15) is 5.78 Å². The number of hydrogen-bond donors (Lipinski definition) is 0. The van der Waals surface area contributed by atoms with Crippen molar-refractivity contribution < 1.29 is 4.79 Å². The average molecular weight is 161 g/mol. The highest BCUT2D eigenvalue weighted by molar-refractivity contribution is 7.16. The van der Waals surface area contributed by atoms with Crippen LogP contribution in [-0.2, 0) is 4.79 Å². The van der Waals surface area contributed by atoms with Crippen molar-refractivity contribution in [1.82, 2.24) is 4.90 Å². The first-order chi connectivity index (χ1) is 4.57. The quantitative estimate of drug-likeness (QED) is 0.573. The molecule has 0 aliphatic rings. The van der Waals surface area contributed by atoms with E-state index >= 15 is 0 Å². The summed E-state index contributed by atoms with van der Waals surface area (Å²) in [4.78, 5) is 13.0. The van der Waals surface area contributed by atoms with Crippen LogP contribution in [0.4, 0.5) is 0 Å². The van der Waals surface area contributed by atoms with Crippen molar-refractivity contribution in [3.05, 3.63) is 0 Å². The van der Waals surface area contributed by atoms with Crippen molar-refractivity contribution in [2.24, 2.45) is 5.92 Å². The van der Waals surface area contributed by atoms with E-state index < -0.39 is 0 Å².